The minimum atomic E-state index is 0.110. The number of anilines is 1. The molecule has 0 atom stereocenters. The van der Waals surface area contributed by atoms with Crippen LogP contribution in [0.25, 0.3) is 11.3 Å². The SMILES string of the molecule is CCN(C(=O)CSc1nc(-c2ccccc2)cs1)c1ccccc1C. The summed E-state index contributed by atoms with van der Waals surface area (Å²) in [7, 11) is 0. The maximum Gasteiger partial charge on any atom is 0.237 e. The highest BCUT2D eigenvalue weighted by molar-refractivity contribution is 8.01. The number of hydrogen-bond donors (Lipinski definition) is 0. The molecule has 5 heteroatoms. The van der Waals surface area contributed by atoms with Crippen molar-refractivity contribution in [3.63, 3.8) is 0 Å². The topological polar surface area (TPSA) is 33.2 Å². The third kappa shape index (κ3) is 4.30. The van der Waals surface area contributed by atoms with Gasteiger partial charge >= 0.3 is 0 Å². The molecule has 0 saturated carbocycles. The van der Waals surface area contributed by atoms with Gasteiger partial charge in [0.15, 0.2) is 4.34 Å². The molecule has 128 valence electrons. The standard InChI is InChI=1S/C20H20N2OS2/c1-3-22(18-12-8-7-9-15(18)2)19(23)14-25-20-21-17(13-24-20)16-10-5-4-6-11-16/h4-13H,3,14H2,1-2H3. The molecular formula is C20H20N2OS2. The first-order valence-electron chi connectivity index (χ1n) is 8.18. The summed E-state index contributed by atoms with van der Waals surface area (Å²) in [5, 5.41) is 2.04. The van der Waals surface area contributed by atoms with E-state index in [4.69, 9.17) is 0 Å². The molecule has 0 saturated heterocycles. The molecule has 0 unspecified atom stereocenters. The number of hydrogen-bond acceptors (Lipinski definition) is 4. The van der Waals surface area contributed by atoms with Gasteiger partial charge in [0, 0.05) is 23.2 Å². The van der Waals surface area contributed by atoms with Gasteiger partial charge in [0.05, 0.1) is 11.4 Å². The molecule has 0 aliphatic rings. The molecule has 0 N–H and O–H groups in total. The number of carbonyl (C=O) groups is 1. The van der Waals surface area contributed by atoms with E-state index in [0.29, 0.717) is 12.3 Å². The van der Waals surface area contributed by atoms with Crippen LogP contribution < -0.4 is 4.90 Å². The molecule has 3 nitrogen and oxygen atoms in total. The van der Waals surface area contributed by atoms with Crippen LogP contribution in [0.15, 0.2) is 64.3 Å². The molecule has 1 heterocycles. The molecule has 3 aromatic rings. The molecule has 1 amide bonds. The van der Waals surface area contributed by atoms with Crippen LogP contribution in [0, 0.1) is 6.92 Å². The van der Waals surface area contributed by atoms with Crippen LogP contribution in [0.2, 0.25) is 0 Å². The fourth-order valence-corrected chi connectivity index (χ4v) is 4.33. The highest BCUT2D eigenvalue weighted by atomic mass is 32.2. The Morgan fingerprint density at radius 1 is 1.12 bits per heavy atom. The van der Waals surface area contributed by atoms with Crippen LogP contribution in [0.5, 0.6) is 0 Å². The Hall–Kier alpha value is -2.11. The van der Waals surface area contributed by atoms with Gasteiger partial charge in [0.1, 0.15) is 0 Å². The third-order valence-corrected chi connectivity index (χ3v) is 5.90. The maximum atomic E-state index is 12.7. The van der Waals surface area contributed by atoms with Gasteiger partial charge in [-0.1, -0.05) is 60.3 Å². The number of carbonyl (C=O) groups excluding carboxylic acids is 1. The van der Waals surface area contributed by atoms with Crippen LogP contribution in [-0.2, 0) is 4.79 Å². The molecule has 0 spiro atoms. The molecule has 1 aromatic heterocycles. The van der Waals surface area contributed by atoms with Crippen LogP contribution in [0.4, 0.5) is 5.69 Å². The Kier molecular flexibility index (Phi) is 5.89. The average molecular weight is 369 g/mol. The molecule has 25 heavy (non-hydrogen) atoms. The molecule has 0 bridgehead atoms. The quantitative estimate of drug-likeness (QED) is 0.556. The summed E-state index contributed by atoms with van der Waals surface area (Å²) in [6, 6.07) is 18.1. The zero-order valence-electron chi connectivity index (χ0n) is 14.3. The van der Waals surface area contributed by atoms with Crippen molar-refractivity contribution in [2.24, 2.45) is 0 Å². The fourth-order valence-electron chi connectivity index (χ4n) is 2.61. The number of amides is 1. The number of thioether (sulfide) groups is 1. The Balaban J connectivity index is 1.66. The lowest BCUT2D eigenvalue weighted by molar-refractivity contribution is -0.116. The molecule has 3 rings (SSSR count). The van der Waals surface area contributed by atoms with Gasteiger partial charge in [-0.2, -0.15) is 0 Å². The van der Waals surface area contributed by atoms with Gasteiger partial charge in [-0.3, -0.25) is 4.79 Å². The summed E-state index contributed by atoms with van der Waals surface area (Å²) in [5.41, 5.74) is 4.17. The zero-order chi connectivity index (χ0) is 17.6. The van der Waals surface area contributed by atoms with Gasteiger partial charge in [-0.25, -0.2) is 4.98 Å². The van der Waals surface area contributed by atoms with E-state index >= 15 is 0 Å². The average Bonchev–Trinajstić information content (AvgIpc) is 3.12. The van der Waals surface area contributed by atoms with Crippen molar-refractivity contribution in [3.05, 3.63) is 65.5 Å². The first-order chi connectivity index (χ1) is 12.2. The van der Waals surface area contributed by atoms with Crippen molar-refractivity contribution in [1.82, 2.24) is 4.98 Å². The smallest absolute Gasteiger partial charge is 0.237 e. The van der Waals surface area contributed by atoms with E-state index in [9.17, 15) is 4.79 Å². The summed E-state index contributed by atoms with van der Waals surface area (Å²) >= 11 is 3.09. The predicted molar refractivity (Wildman–Crippen MR) is 107 cm³/mol. The van der Waals surface area contributed by atoms with Crippen LogP contribution in [0.3, 0.4) is 0 Å². The zero-order valence-corrected chi connectivity index (χ0v) is 15.9. The largest absolute Gasteiger partial charge is 0.312 e. The molecule has 0 aliphatic heterocycles. The molecular weight excluding hydrogens is 348 g/mol. The van der Waals surface area contributed by atoms with Gasteiger partial charge < -0.3 is 4.90 Å². The predicted octanol–water partition coefficient (Wildman–Crippen LogP) is 5.26. The van der Waals surface area contributed by atoms with Crippen molar-refractivity contribution >= 4 is 34.7 Å². The summed E-state index contributed by atoms with van der Waals surface area (Å²) in [5.74, 6) is 0.502. The highest BCUT2D eigenvalue weighted by Gasteiger charge is 2.16. The van der Waals surface area contributed by atoms with E-state index < -0.39 is 0 Å². The van der Waals surface area contributed by atoms with Gasteiger partial charge in [0.25, 0.3) is 0 Å². The first-order valence-corrected chi connectivity index (χ1v) is 10.1. The summed E-state index contributed by atoms with van der Waals surface area (Å²) in [4.78, 5) is 19.1. The number of aromatic nitrogens is 1. The number of nitrogens with zero attached hydrogens (tertiary/aromatic N) is 2. The summed E-state index contributed by atoms with van der Waals surface area (Å²) < 4.78 is 0.924. The number of para-hydroxylation sites is 1. The van der Waals surface area contributed by atoms with Crippen LogP contribution >= 0.6 is 23.1 Å². The van der Waals surface area contributed by atoms with E-state index in [1.807, 2.05) is 78.7 Å². The van der Waals surface area contributed by atoms with Gasteiger partial charge in [0.2, 0.25) is 5.91 Å². The second-order valence-corrected chi connectivity index (χ2v) is 7.66. The van der Waals surface area contributed by atoms with E-state index in [2.05, 4.69) is 4.98 Å². The summed E-state index contributed by atoms with van der Waals surface area (Å²) in [6.45, 7) is 4.70. The molecule has 0 aliphatic carbocycles. The number of aryl methyl sites for hydroxylation is 1. The Morgan fingerprint density at radius 2 is 1.84 bits per heavy atom. The normalized spacial score (nSPS) is 10.6. The second kappa shape index (κ2) is 8.32. The Morgan fingerprint density at radius 3 is 2.56 bits per heavy atom. The minimum Gasteiger partial charge on any atom is -0.312 e. The number of thiazole rings is 1. The molecule has 2 aromatic carbocycles. The van der Waals surface area contributed by atoms with E-state index in [0.717, 1.165) is 26.8 Å². The fraction of sp³-hybridized carbons (Fsp3) is 0.200. The van der Waals surface area contributed by atoms with Crippen LogP contribution in [0.1, 0.15) is 12.5 Å². The number of rotatable bonds is 6. The Bertz CT molecular complexity index is 846. The van der Waals surface area contributed by atoms with Crippen LogP contribution in [-0.4, -0.2) is 23.2 Å². The van der Waals surface area contributed by atoms with Crippen molar-refractivity contribution < 1.29 is 4.79 Å². The molecule has 0 radical (unpaired) electrons. The minimum absolute atomic E-state index is 0.110. The van der Waals surface area contributed by atoms with E-state index in [1.165, 1.54) is 11.8 Å². The van der Waals surface area contributed by atoms with Crippen molar-refractivity contribution in [2.75, 3.05) is 17.2 Å². The van der Waals surface area contributed by atoms with Gasteiger partial charge in [-0.15, -0.1) is 11.3 Å². The maximum absolute atomic E-state index is 12.7. The Labute approximate surface area is 156 Å². The second-order valence-electron chi connectivity index (χ2n) is 5.58. The van der Waals surface area contributed by atoms with Crippen molar-refractivity contribution in [2.45, 2.75) is 18.2 Å². The summed E-state index contributed by atoms with van der Waals surface area (Å²) in [6.07, 6.45) is 0. The first kappa shape index (κ1) is 17.7. The van der Waals surface area contributed by atoms with Gasteiger partial charge in [-0.05, 0) is 25.5 Å². The van der Waals surface area contributed by atoms with Crippen molar-refractivity contribution in [1.29, 1.82) is 0 Å². The third-order valence-electron chi connectivity index (χ3n) is 3.90. The van der Waals surface area contributed by atoms with E-state index in [-0.39, 0.29) is 5.91 Å². The monoisotopic (exact) mass is 368 g/mol. The lowest BCUT2D eigenvalue weighted by atomic mass is 10.2. The molecule has 0 fully saturated rings. The number of benzene rings is 2. The lowest BCUT2D eigenvalue weighted by Crippen LogP contribution is -2.32. The van der Waals surface area contributed by atoms with E-state index in [1.54, 1.807) is 11.3 Å². The lowest BCUT2D eigenvalue weighted by Gasteiger charge is -2.22. The van der Waals surface area contributed by atoms with Crippen molar-refractivity contribution in [3.8, 4) is 11.3 Å². The highest BCUT2D eigenvalue weighted by Crippen LogP contribution is 2.29.